The van der Waals surface area contributed by atoms with Crippen LogP contribution in [0.5, 0.6) is 11.5 Å². The lowest BCUT2D eigenvalue weighted by Gasteiger charge is -2.03. The molecule has 0 spiro atoms. The number of nitrogens with zero attached hydrogens (tertiary/aromatic N) is 3. The lowest BCUT2D eigenvalue weighted by Crippen LogP contribution is -2.19. The van der Waals surface area contributed by atoms with Crippen molar-refractivity contribution in [2.75, 3.05) is 12.4 Å². The van der Waals surface area contributed by atoms with Crippen LogP contribution in [-0.2, 0) is 11.2 Å². The van der Waals surface area contributed by atoms with E-state index < -0.39 is 0 Å². The first-order valence-corrected chi connectivity index (χ1v) is 9.65. The molecule has 0 fully saturated rings. The number of rotatable bonds is 7. The number of aromatic hydroxyl groups is 1. The Labute approximate surface area is 176 Å². The molecule has 0 aliphatic carbocycles. The molecule has 3 N–H and O–H groups in total. The zero-order valence-corrected chi connectivity index (χ0v) is 17.1. The second kappa shape index (κ2) is 9.61. The van der Waals surface area contributed by atoms with Crippen molar-refractivity contribution in [2.45, 2.75) is 13.3 Å². The molecule has 9 nitrogen and oxygen atoms in total. The third-order valence-corrected chi connectivity index (χ3v) is 4.72. The highest BCUT2D eigenvalue weighted by Crippen LogP contribution is 2.25. The molecule has 3 rings (SSSR count). The zero-order chi connectivity index (χ0) is 21.5. The second-order valence-corrected chi connectivity index (χ2v) is 7.29. The summed E-state index contributed by atoms with van der Waals surface area (Å²) < 4.78 is 5.01. The van der Waals surface area contributed by atoms with Crippen LogP contribution in [0.2, 0.25) is 0 Å². The topological polar surface area (TPSA) is 126 Å². The van der Waals surface area contributed by atoms with Crippen LogP contribution in [0.25, 0.3) is 0 Å². The summed E-state index contributed by atoms with van der Waals surface area (Å²) in [5.41, 5.74) is 4.53. The highest BCUT2D eigenvalue weighted by Gasteiger charge is 2.12. The zero-order valence-electron chi connectivity index (χ0n) is 16.2. The molecule has 10 heteroatoms. The minimum absolute atomic E-state index is 0.0141. The van der Waals surface area contributed by atoms with Crippen molar-refractivity contribution in [3.8, 4) is 11.5 Å². The van der Waals surface area contributed by atoms with Crippen molar-refractivity contribution in [3.05, 3.63) is 64.2 Å². The molecular weight excluding hydrogens is 406 g/mol. The molecule has 0 unspecified atom stereocenters. The van der Waals surface area contributed by atoms with Gasteiger partial charge in [0.1, 0.15) is 5.01 Å². The van der Waals surface area contributed by atoms with Crippen LogP contribution in [0.4, 0.5) is 5.13 Å². The maximum Gasteiger partial charge on any atom is 0.257 e. The van der Waals surface area contributed by atoms with Crippen LogP contribution in [0.1, 0.15) is 26.5 Å². The van der Waals surface area contributed by atoms with Crippen molar-refractivity contribution in [1.82, 2.24) is 15.6 Å². The smallest absolute Gasteiger partial charge is 0.257 e. The first kappa shape index (κ1) is 20.9. The van der Waals surface area contributed by atoms with Gasteiger partial charge in [0, 0.05) is 5.56 Å². The molecule has 0 atom stereocenters. The summed E-state index contributed by atoms with van der Waals surface area (Å²) in [6, 6.07) is 11.9. The van der Waals surface area contributed by atoms with Crippen molar-refractivity contribution in [1.29, 1.82) is 0 Å². The van der Waals surface area contributed by atoms with Gasteiger partial charge in [-0.25, -0.2) is 5.43 Å². The summed E-state index contributed by atoms with van der Waals surface area (Å²) in [5.74, 6) is -0.357. The van der Waals surface area contributed by atoms with Crippen LogP contribution in [0, 0.1) is 6.92 Å². The number of phenolic OH excluding ortho intramolecular Hbond substituents is 1. The number of anilines is 1. The lowest BCUT2D eigenvalue weighted by molar-refractivity contribution is -0.120. The number of aromatic nitrogens is 2. The van der Waals surface area contributed by atoms with Crippen molar-refractivity contribution in [2.24, 2.45) is 5.10 Å². The molecule has 154 valence electrons. The van der Waals surface area contributed by atoms with E-state index in [1.54, 1.807) is 30.3 Å². The number of nitrogens with one attached hydrogen (secondary N) is 2. The molecule has 0 saturated carbocycles. The van der Waals surface area contributed by atoms with Crippen molar-refractivity contribution >= 4 is 34.5 Å². The third-order valence-electron chi connectivity index (χ3n) is 3.89. The number of methoxy groups -OCH3 is 1. The molecule has 1 aromatic heterocycles. The summed E-state index contributed by atoms with van der Waals surface area (Å²) >= 11 is 1.11. The Morgan fingerprint density at radius 2 is 2.07 bits per heavy atom. The number of carbonyl (C=O) groups is 2. The molecule has 1 heterocycles. The van der Waals surface area contributed by atoms with Crippen LogP contribution in [0.3, 0.4) is 0 Å². The Kier molecular flexibility index (Phi) is 6.71. The summed E-state index contributed by atoms with van der Waals surface area (Å²) in [5, 5.41) is 24.7. The Morgan fingerprint density at radius 3 is 2.83 bits per heavy atom. The second-order valence-electron chi connectivity index (χ2n) is 6.23. The summed E-state index contributed by atoms with van der Waals surface area (Å²) in [6.45, 7) is 1.90. The number of amides is 2. The van der Waals surface area contributed by atoms with Gasteiger partial charge in [-0.15, -0.1) is 10.2 Å². The maximum atomic E-state index is 12.2. The van der Waals surface area contributed by atoms with E-state index in [0.717, 1.165) is 16.9 Å². The van der Waals surface area contributed by atoms with Gasteiger partial charge in [-0.3, -0.25) is 14.9 Å². The number of benzene rings is 2. The lowest BCUT2D eigenvalue weighted by atomic mass is 10.1. The van der Waals surface area contributed by atoms with Crippen LogP contribution >= 0.6 is 11.3 Å². The van der Waals surface area contributed by atoms with Gasteiger partial charge < -0.3 is 9.84 Å². The average Bonchev–Trinajstić information content (AvgIpc) is 3.15. The Morgan fingerprint density at radius 1 is 1.23 bits per heavy atom. The standard InChI is InChI=1S/C20H19N5O4S/c1-12-4-3-5-14(8-12)19(28)22-20-25-24-18(30-20)10-17(27)23-21-11-13-6-7-15(26)16(9-13)29-2/h3-9,11,26H,10H2,1-2H3,(H,23,27)(H,22,25,28)/b21-11-. The minimum atomic E-state index is -0.385. The largest absolute Gasteiger partial charge is 0.504 e. The van der Waals surface area contributed by atoms with E-state index in [2.05, 4.69) is 26.0 Å². The predicted molar refractivity (Wildman–Crippen MR) is 113 cm³/mol. The Bertz CT molecular complexity index is 1100. The van der Waals surface area contributed by atoms with Gasteiger partial charge in [0.05, 0.1) is 19.7 Å². The van der Waals surface area contributed by atoms with E-state index in [1.165, 1.54) is 19.4 Å². The molecule has 0 radical (unpaired) electrons. The van der Waals surface area contributed by atoms with Crippen LogP contribution < -0.4 is 15.5 Å². The van der Waals surface area contributed by atoms with Gasteiger partial charge in [-0.2, -0.15) is 5.10 Å². The van der Waals surface area contributed by atoms with Gasteiger partial charge in [0.15, 0.2) is 11.5 Å². The minimum Gasteiger partial charge on any atom is -0.504 e. The highest BCUT2D eigenvalue weighted by molar-refractivity contribution is 7.15. The van der Waals surface area contributed by atoms with Crippen molar-refractivity contribution < 1.29 is 19.4 Å². The number of carbonyl (C=O) groups excluding carboxylic acids is 2. The average molecular weight is 425 g/mol. The van der Waals surface area contributed by atoms with Gasteiger partial charge in [-0.05, 0) is 42.8 Å². The summed E-state index contributed by atoms with van der Waals surface area (Å²) in [4.78, 5) is 24.3. The van der Waals surface area contributed by atoms with E-state index in [4.69, 9.17) is 4.74 Å². The van der Waals surface area contributed by atoms with Gasteiger partial charge >= 0.3 is 0 Å². The quantitative estimate of drug-likeness (QED) is 0.394. The molecule has 0 aliphatic heterocycles. The van der Waals surface area contributed by atoms with E-state index >= 15 is 0 Å². The first-order chi connectivity index (χ1) is 14.4. The predicted octanol–water partition coefficient (Wildman–Crippen LogP) is 2.51. The maximum absolute atomic E-state index is 12.2. The van der Waals surface area contributed by atoms with E-state index in [9.17, 15) is 14.7 Å². The van der Waals surface area contributed by atoms with Gasteiger partial charge in [0.2, 0.25) is 11.0 Å². The molecule has 3 aromatic rings. The third kappa shape index (κ3) is 5.61. The van der Waals surface area contributed by atoms with E-state index in [0.29, 0.717) is 27.0 Å². The Hall–Kier alpha value is -3.79. The number of phenols is 1. The fraction of sp³-hybridized carbons (Fsp3) is 0.150. The Balaban J connectivity index is 1.53. The van der Waals surface area contributed by atoms with Crippen molar-refractivity contribution in [3.63, 3.8) is 0 Å². The molecule has 30 heavy (non-hydrogen) atoms. The molecule has 2 amide bonds. The molecule has 0 bridgehead atoms. The van der Waals surface area contributed by atoms with Gasteiger partial charge in [0.25, 0.3) is 5.91 Å². The normalized spacial score (nSPS) is 10.7. The summed E-state index contributed by atoms with van der Waals surface area (Å²) in [7, 11) is 1.44. The molecule has 2 aromatic carbocycles. The fourth-order valence-corrected chi connectivity index (χ4v) is 3.19. The SMILES string of the molecule is COc1cc(/C=N\NC(=O)Cc2nnc(NC(=O)c3cccc(C)c3)s2)ccc1O. The highest BCUT2D eigenvalue weighted by atomic mass is 32.1. The summed E-state index contributed by atoms with van der Waals surface area (Å²) in [6.07, 6.45) is 1.39. The molecular formula is C20H19N5O4S. The van der Waals surface area contributed by atoms with Crippen LogP contribution in [0.15, 0.2) is 47.6 Å². The first-order valence-electron chi connectivity index (χ1n) is 8.84. The fourth-order valence-electron chi connectivity index (χ4n) is 2.46. The number of hydrogen-bond acceptors (Lipinski definition) is 8. The van der Waals surface area contributed by atoms with E-state index in [-0.39, 0.29) is 24.0 Å². The molecule has 0 saturated heterocycles. The number of hydrogen-bond donors (Lipinski definition) is 3. The van der Waals surface area contributed by atoms with E-state index in [1.807, 2.05) is 13.0 Å². The number of hydrazone groups is 1. The number of aryl methyl sites for hydroxylation is 1. The monoisotopic (exact) mass is 425 g/mol. The number of ether oxygens (including phenoxy) is 1. The molecule has 0 aliphatic rings. The van der Waals surface area contributed by atoms with Gasteiger partial charge in [-0.1, -0.05) is 29.0 Å². The van der Waals surface area contributed by atoms with Crippen LogP contribution in [-0.4, -0.2) is 40.4 Å².